The van der Waals surface area contributed by atoms with Gasteiger partial charge < -0.3 is 24.4 Å². The van der Waals surface area contributed by atoms with Crippen LogP contribution in [0.1, 0.15) is 33.6 Å². The molecule has 2 aliphatic heterocycles. The van der Waals surface area contributed by atoms with Crippen LogP contribution in [0.25, 0.3) is 0 Å². The van der Waals surface area contributed by atoms with Gasteiger partial charge in [0.1, 0.15) is 36.1 Å². The highest BCUT2D eigenvalue weighted by Gasteiger charge is 2.30. The van der Waals surface area contributed by atoms with E-state index in [0.29, 0.717) is 61.5 Å². The summed E-state index contributed by atoms with van der Waals surface area (Å²) in [6, 6.07) is 4.88. The average molecular weight is 538 g/mol. The summed E-state index contributed by atoms with van der Waals surface area (Å²) < 4.78 is 15.8. The molecular formula is C26H31N7O6. The third kappa shape index (κ3) is 6.31. The number of methoxy groups -OCH3 is 2. The van der Waals surface area contributed by atoms with Crippen LogP contribution < -0.4 is 15.5 Å². The minimum absolute atomic E-state index is 0.0682. The van der Waals surface area contributed by atoms with E-state index in [-0.39, 0.29) is 42.7 Å². The number of urea groups is 1. The largest absolute Gasteiger partial charge is 0.377 e. The van der Waals surface area contributed by atoms with Crippen molar-refractivity contribution in [1.29, 1.82) is 5.26 Å². The lowest BCUT2D eigenvalue weighted by Crippen LogP contribution is -2.40. The molecule has 0 spiro atoms. The number of rotatable bonds is 9. The maximum atomic E-state index is 13.3. The summed E-state index contributed by atoms with van der Waals surface area (Å²) in [6.07, 6.45) is 3.19. The zero-order chi connectivity index (χ0) is 27.9. The molecule has 2 aliphatic rings. The second-order valence-corrected chi connectivity index (χ2v) is 9.29. The zero-order valence-corrected chi connectivity index (χ0v) is 22.1. The van der Waals surface area contributed by atoms with Gasteiger partial charge in [-0.3, -0.25) is 19.8 Å². The summed E-state index contributed by atoms with van der Waals surface area (Å²) in [5, 5.41) is 15.6. The molecule has 0 unspecified atom stereocenters. The summed E-state index contributed by atoms with van der Waals surface area (Å²) in [7, 11) is 4.66. The van der Waals surface area contributed by atoms with Gasteiger partial charge in [0, 0.05) is 52.2 Å². The van der Waals surface area contributed by atoms with Gasteiger partial charge in [-0.05, 0) is 24.5 Å². The Kier molecular flexibility index (Phi) is 9.03. The Labute approximate surface area is 226 Å². The Balaban J connectivity index is 1.53. The van der Waals surface area contributed by atoms with Crippen molar-refractivity contribution < 1.29 is 28.6 Å². The third-order valence-corrected chi connectivity index (χ3v) is 6.66. The summed E-state index contributed by atoms with van der Waals surface area (Å²) in [4.78, 5) is 49.0. The highest BCUT2D eigenvalue weighted by molar-refractivity contribution is 6.02. The van der Waals surface area contributed by atoms with E-state index in [1.54, 1.807) is 20.2 Å². The fraction of sp³-hybridized carbons (Fsp3) is 0.462. The molecule has 0 saturated carbocycles. The van der Waals surface area contributed by atoms with Crippen molar-refractivity contribution in [3.8, 4) is 6.07 Å². The quantitative estimate of drug-likeness (QED) is 0.450. The molecule has 2 N–H and O–H groups in total. The van der Waals surface area contributed by atoms with Gasteiger partial charge in [0.2, 0.25) is 5.91 Å². The number of hydrogen-bond donors (Lipinski definition) is 2. The monoisotopic (exact) mass is 537 g/mol. The maximum absolute atomic E-state index is 13.3. The van der Waals surface area contributed by atoms with Gasteiger partial charge in [-0.25, -0.2) is 14.8 Å². The van der Waals surface area contributed by atoms with Crippen molar-refractivity contribution in [3.05, 3.63) is 40.7 Å². The predicted octanol–water partition coefficient (Wildman–Crippen LogP) is 1.58. The summed E-state index contributed by atoms with van der Waals surface area (Å²) in [6.45, 7) is 1.37. The van der Waals surface area contributed by atoms with Crippen LogP contribution >= 0.6 is 0 Å². The lowest BCUT2D eigenvalue weighted by atomic mass is 10.0. The fourth-order valence-corrected chi connectivity index (χ4v) is 4.57. The van der Waals surface area contributed by atoms with Gasteiger partial charge in [-0.2, -0.15) is 5.26 Å². The standard InChI is InChI=1S/C26H31N7O6/c1-32(24(35)15-37-2)11-17-7-16-5-4-6-33(25(16)30-20(17)12-34)26(36)31-23-8-19(18(9-27)10-28-23)29-21-13-39-14-22(21)38-3/h7-8,10,12,21-22H,4-6,11,13-15H2,1-3H3,(H2,28,29,31,36)/t21-,22-/m0/s1. The Morgan fingerprint density at radius 3 is 2.87 bits per heavy atom. The fourth-order valence-electron chi connectivity index (χ4n) is 4.57. The van der Waals surface area contributed by atoms with Crippen molar-refractivity contribution in [2.24, 2.45) is 0 Å². The van der Waals surface area contributed by atoms with Crippen LogP contribution in [0.5, 0.6) is 0 Å². The lowest BCUT2D eigenvalue weighted by molar-refractivity contribution is -0.134. The number of amides is 3. The van der Waals surface area contributed by atoms with Crippen LogP contribution in [0.3, 0.4) is 0 Å². The molecule has 0 radical (unpaired) electrons. The van der Waals surface area contributed by atoms with E-state index in [1.807, 2.05) is 6.07 Å². The number of nitrogens with one attached hydrogen (secondary N) is 2. The van der Waals surface area contributed by atoms with Crippen LogP contribution in [0.2, 0.25) is 0 Å². The van der Waals surface area contributed by atoms with Crippen molar-refractivity contribution in [1.82, 2.24) is 14.9 Å². The van der Waals surface area contributed by atoms with Gasteiger partial charge in [0.05, 0.1) is 30.5 Å². The number of carbonyl (C=O) groups is 3. The van der Waals surface area contributed by atoms with Crippen molar-refractivity contribution in [2.45, 2.75) is 31.5 Å². The van der Waals surface area contributed by atoms with E-state index >= 15 is 0 Å². The SMILES string of the molecule is COCC(=O)N(C)Cc1cc2c(nc1C=O)N(C(=O)Nc1cc(N[C@H]3COC[C@@H]3OC)c(C#N)cn1)CCC2. The smallest absolute Gasteiger partial charge is 0.328 e. The molecule has 0 aliphatic carbocycles. The Hall–Kier alpha value is -4.12. The van der Waals surface area contributed by atoms with Gasteiger partial charge >= 0.3 is 6.03 Å². The Morgan fingerprint density at radius 2 is 2.15 bits per heavy atom. The number of fused-ring (bicyclic) bond motifs is 1. The highest BCUT2D eigenvalue weighted by Crippen LogP contribution is 2.29. The number of anilines is 3. The molecule has 1 fully saturated rings. The number of nitriles is 1. The molecule has 13 heteroatoms. The second kappa shape index (κ2) is 12.6. The Morgan fingerprint density at radius 1 is 1.33 bits per heavy atom. The van der Waals surface area contributed by atoms with Crippen LogP contribution in [-0.4, -0.2) is 92.9 Å². The minimum atomic E-state index is -0.470. The molecule has 3 amide bonds. The molecule has 4 heterocycles. The normalized spacial score (nSPS) is 18.2. The van der Waals surface area contributed by atoms with E-state index in [2.05, 4.69) is 26.7 Å². The van der Waals surface area contributed by atoms with Crippen LogP contribution in [-0.2, 0) is 32.0 Å². The van der Waals surface area contributed by atoms with Crippen molar-refractivity contribution >= 4 is 35.5 Å². The van der Waals surface area contributed by atoms with Gasteiger partial charge in [0.25, 0.3) is 0 Å². The first kappa shape index (κ1) is 27.9. The van der Waals surface area contributed by atoms with Crippen LogP contribution in [0.15, 0.2) is 18.3 Å². The first-order valence-corrected chi connectivity index (χ1v) is 12.4. The number of carbonyl (C=O) groups excluding carboxylic acids is 3. The third-order valence-electron chi connectivity index (χ3n) is 6.66. The first-order chi connectivity index (χ1) is 18.9. The molecule has 2 atom stereocenters. The number of aromatic nitrogens is 2. The summed E-state index contributed by atoms with van der Waals surface area (Å²) in [5.41, 5.74) is 2.36. The van der Waals surface area contributed by atoms with E-state index < -0.39 is 6.03 Å². The van der Waals surface area contributed by atoms with Gasteiger partial charge in [-0.15, -0.1) is 0 Å². The number of nitrogens with zero attached hydrogens (tertiary/aromatic N) is 5. The first-order valence-electron chi connectivity index (χ1n) is 12.4. The molecule has 0 bridgehead atoms. The molecule has 0 aromatic carbocycles. The maximum Gasteiger partial charge on any atom is 0.328 e. The zero-order valence-electron chi connectivity index (χ0n) is 22.1. The van der Waals surface area contributed by atoms with Crippen molar-refractivity contribution in [2.75, 3.05) is 63.2 Å². The highest BCUT2D eigenvalue weighted by atomic mass is 16.5. The average Bonchev–Trinajstić information content (AvgIpc) is 3.39. The molecular weight excluding hydrogens is 506 g/mol. The van der Waals surface area contributed by atoms with Crippen LogP contribution in [0, 0.1) is 11.3 Å². The minimum Gasteiger partial charge on any atom is -0.377 e. The van der Waals surface area contributed by atoms with Crippen LogP contribution in [0.4, 0.5) is 22.1 Å². The number of pyridine rings is 2. The molecule has 2 aromatic rings. The van der Waals surface area contributed by atoms with E-state index in [0.717, 1.165) is 5.56 Å². The number of likely N-dealkylation sites (N-methyl/N-ethyl adjacent to an activating group) is 1. The topological polar surface area (TPSA) is 159 Å². The van der Waals surface area contributed by atoms with E-state index in [1.165, 1.54) is 23.1 Å². The molecule has 1 saturated heterocycles. The van der Waals surface area contributed by atoms with E-state index in [4.69, 9.17) is 14.2 Å². The predicted molar refractivity (Wildman–Crippen MR) is 141 cm³/mol. The lowest BCUT2D eigenvalue weighted by Gasteiger charge is -2.29. The number of aldehydes is 1. The number of ether oxygens (including phenoxy) is 3. The molecule has 206 valence electrons. The molecule has 13 nitrogen and oxygen atoms in total. The number of hydrogen-bond acceptors (Lipinski definition) is 10. The summed E-state index contributed by atoms with van der Waals surface area (Å²) in [5.74, 6) is 0.399. The van der Waals surface area contributed by atoms with Gasteiger partial charge in [-0.1, -0.05) is 0 Å². The van der Waals surface area contributed by atoms with E-state index in [9.17, 15) is 19.6 Å². The summed E-state index contributed by atoms with van der Waals surface area (Å²) >= 11 is 0. The second-order valence-electron chi connectivity index (χ2n) is 9.29. The molecule has 2 aromatic heterocycles. The van der Waals surface area contributed by atoms with Gasteiger partial charge in [0.15, 0.2) is 6.29 Å². The molecule has 4 rings (SSSR count). The van der Waals surface area contributed by atoms with Crippen molar-refractivity contribution in [3.63, 3.8) is 0 Å². The number of aryl methyl sites for hydroxylation is 1. The Bertz CT molecular complexity index is 1280. The molecule has 39 heavy (non-hydrogen) atoms.